The predicted octanol–water partition coefficient (Wildman–Crippen LogP) is 0.647. The second kappa shape index (κ2) is 8.16. The Morgan fingerprint density at radius 1 is 1.24 bits per heavy atom. The van der Waals surface area contributed by atoms with Crippen molar-refractivity contribution in [3.05, 3.63) is 24.0 Å². The van der Waals surface area contributed by atoms with E-state index >= 15 is 0 Å². The molecule has 3 saturated heterocycles. The Hall–Kier alpha value is -2.39. The van der Waals surface area contributed by atoms with E-state index < -0.39 is 12.2 Å². The minimum absolute atomic E-state index is 0.170. The molecule has 3 atom stereocenters. The van der Waals surface area contributed by atoms with Gasteiger partial charge in [-0.2, -0.15) is 0 Å². The highest BCUT2D eigenvalue weighted by molar-refractivity contribution is 5.90. The lowest BCUT2D eigenvalue weighted by atomic mass is 10.0. The number of amides is 2. The lowest BCUT2D eigenvalue weighted by Gasteiger charge is -2.24. The third-order valence-electron chi connectivity index (χ3n) is 6.01. The molecule has 1 aromatic rings. The van der Waals surface area contributed by atoms with Crippen molar-refractivity contribution in [3.63, 3.8) is 0 Å². The van der Waals surface area contributed by atoms with Gasteiger partial charge >= 0.3 is 6.09 Å². The Morgan fingerprint density at radius 2 is 1.97 bits per heavy atom. The minimum Gasteiger partial charge on any atom is -0.442 e. The van der Waals surface area contributed by atoms with Gasteiger partial charge in [0, 0.05) is 39.6 Å². The standard InChI is InChI=1S/C20H27FN4O4/c1-13(27)22-7-17-12-25(20(28)29-17)16-2-3-19(18(21)6-16)24-10-14-8-23(4-5-26)9-15(14)11-24/h2-3,6,14-15,17,26H,4-5,7-12H2,1H3,(H,22,27). The van der Waals surface area contributed by atoms with E-state index in [4.69, 9.17) is 9.84 Å². The highest BCUT2D eigenvalue weighted by atomic mass is 19.1. The van der Waals surface area contributed by atoms with Crippen LogP contribution < -0.4 is 15.1 Å². The van der Waals surface area contributed by atoms with Crippen molar-refractivity contribution in [1.82, 2.24) is 10.2 Å². The van der Waals surface area contributed by atoms with Crippen LogP contribution in [-0.4, -0.2) is 80.5 Å². The smallest absolute Gasteiger partial charge is 0.414 e. The zero-order chi connectivity index (χ0) is 20.5. The number of hydrogen-bond acceptors (Lipinski definition) is 6. The summed E-state index contributed by atoms with van der Waals surface area (Å²) in [5.41, 5.74) is 1.01. The molecule has 0 saturated carbocycles. The first-order valence-electron chi connectivity index (χ1n) is 10.0. The van der Waals surface area contributed by atoms with Crippen molar-refractivity contribution in [3.8, 4) is 0 Å². The van der Waals surface area contributed by atoms with E-state index in [0.717, 1.165) is 26.2 Å². The monoisotopic (exact) mass is 406 g/mol. The molecule has 0 radical (unpaired) electrons. The number of benzene rings is 1. The van der Waals surface area contributed by atoms with Gasteiger partial charge in [-0.15, -0.1) is 0 Å². The van der Waals surface area contributed by atoms with E-state index in [2.05, 4.69) is 15.1 Å². The van der Waals surface area contributed by atoms with Crippen molar-refractivity contribution in [1.29, 1.82) is 0 Å². The number of aliphatic hydroxyl groups is 1. The maximum absolute atomic E-state index is 14.9. The number of ether oxygens (including phenoxy) is 1. The van der Waals surface area contributed by atoms with E-state index in [1.54, 1.807) is 12.1 Å². The van der Waals surface area contributed by atoms with Crippen LogP contribution in [0.4, 0.5) is 20.6 Å². The van der Waals surface area contributed by atoms with Crippen LogP contribution in [0.3, 0.4) is 0 Å². The fraction of sp³-hybridized carbons (Fsp3) is 0.600. The first kappa shape index (κ1) is 19.9. The van der Waals surface area contributed by atoms with Crippen LogP contribution in [0, 0.1) is 17.7 Å². The number of halogens is 1. The SMILES string of the molecule is CC(=O)NCC1CN(c2ccc(N3CC4CN(CCO)CC4C3)c(F)c2)C(=O)O1. The number of rotatable bonds is 6. The Labute approximate surface area is 169 Å². The number of carbonyl (C=O) groups is 2. The van der Waals surface area contributed by atoms with Crippen LogP contribution in [0.25, 0.3) is 0 Å². The molecule has 8 nitrogen and oxygen atoms in total. The molecule has 0 spiro atoms. The van der Waals surface area contributed by atoms with Crippen LogP contribution in [-0.2, 0) is 9.53 Å². The predicted molar refractivity (Wildman–Crippen MR) is 105 cm³/mol. The number of aliphatic hydroxyl groups excluding tert-OH is 1. The molecular formula is C20H27FN4O4. The number of hydrogen-bond donors (Lipinski definition) is 2. The summed E-state index contributed by atoms with van der Waals surface area (Å²) in [5.74, 6) is 0.435. The van der Waals surface area contributed by atoms with Gasteiger partial charge in [0.05, 0.1) is 31.1 Å². The number of cyclic esters (lactones) is 1. The summed E-state index contributed by atoms with van der Waals surface area (Å²) in [4.78, 5) is 28.9. The summed E-state index contributed by atoms with van der Waals surface area (Å²) >= 11 is 0. The zero-order valence-corrected chi connectivity index (χ0v) is 16.5. The number of fused-ring (bicyclic) bond motifs is 1. The molecule has 3 aliphatic rings. The number of likely N-dealkylation sites (tertiary alicyclic amines) is 1. The Kier molecular flexibility index (Phi) is 5.60. The van der Waals surface area contributed by atoms with Crippen molar-refractivity contribution in [2.45, 2.75) is 13.0 Å². The average Bonchev–Trinajstić information content (AvgIpc) is 3.33. The first-order valence-corrected chi connectivity index (χ1v) is 10.0. The average molecular weight is 406 g/mol. The van der Waals surface area contributed by atoms with Gasteiger partial charge in [0.1, 0.15) is 11.9 Å². The number of β-amino-alcohol motifs (C(OH)–C–C–N with tert-alkyl or cyclic N) is 1. The first-order chi connectivity index (χ1) is 13.9. The summed E-state index contributed by atoms with van der Waals surface area (Å²) in [6, 6.07) is 4.85. The fourth-order valence-corrected chi connectivity index (χ4v) is 4.63. The van der Waals surface area contributed by atoms with E-state index in [1.165, 1.54) is 17.9 Å². The fourth-order valence-electron chi connectivity index (χ4n) is 4.63. The van der Waals surface area contributed by atoms with Crippen molar-refractivity contribution < 1.29 is 23.8 Å². The Morgan fingerprint density at radius 3 is 2.59 bits per heavy atom. The highest BCUT2D eigenvalue weighted by Crippen LogP contribution is 2.36. The molecule has 0 aliphatic carbocycles. The van der Waals surface area contributed by atoms with Crippen LogP contribution >= 0.6 is 0 Å². The summed E-state index contributed by atoms with van der Waals surface area (Å²) in [6.45, 7) is 6.26. The second-order valence-corrected chi connectivity index (χ2v) is 8.10. The van der Waals surface area contributed by atoms with Crippen LogP contribution in [0.1, 0.15) is 6.92 Å². The van der Waals surface area contributed by atoms with E-state index in [1.807, 2.05) is 0 Å². The molecule has 3 heterocycles. The Bertz CT molecular complexity index is 778. The lowest BCUT2D eigenvalue weighted by Crippen LogP contribution is -2.33. The molecule has 1 aromatic carbocycles. The van der Waals surface area contributed by atoms with E-state index in [-0.39, 0.29) is 31.4 Å². The van der Waals surface area contributed by atoms with E-state index in [9.17, 15) is 14.0 Å². The molecule has 0 bridgehead atoms. The van der Waals surface area contributed by atoms with Crippen molar-refractivity contribution in [2.75, 3.05) is 62.2 Å². The van der Waals surface area contributed by atoms with E-state index in [0.29, 0.717) is 29.8 Å². The molecule has 3 fully saturated rings. The van der Waals surface area contributed by atoms with Gasteiger partial charge < -0.3 is 25.0 Å². The molecule has 2 N–H and O–H groups in total. The largest absolute Gasteiger partial charge is 0.442 e. The summed E-state index contributed by atoms with van der Waals surface area (Å²) in [6.07, 6.45) is -0.985. The molecule has 9 heteroatoms. The molecule has 3 unspecified atom stereocenters. The highest BCUT2D eigenvalue weighted by Gasteiger charge is 2.40. The number of anilines is 2. The molecule has 3 aliphatic heterocycles. The van der Waals surface area contributed by atoms with Gasteiger partial charge in [-0.25, -0.2) is 9.18 Å². The number of nitrogens with zero attached hydrogens (tertiary/aromatic N) is 3. The van der Waals surface area contributed by atoms with Crippen LogP contribution in [0.2, 0.25) is 0 Å². The maximum Gasteiger partial charge on any atom is 0.414 e. The minimum atomic E-state index is -0.535. The second-order valence-electron chi connectivity index (χ2n) is 8.10. The normalized spacial score (nSPS) is 26.7. The van der Waals surface area contributed by atoms with Crippen LogP contribution in [0.15, 0.2) is 18.2 Å². The molecule has 0 aromatic heterocycles. The van der Waals surface area contributed by atoms with Crippen molar-refractivity contribution >= 4 is 23.4 Å². The summed E-state index contributed by atoms with van der Waals surface area (Å²) in [5, 5.41) is 11.7. The van der Waals surface area contributed by atoms with Gasteiger partial charge in [0.2, 0.25) is 5.91 Å². The van der Waals surface area contributed by atoms with Gasteiger partial charge in [-0.05, 0) is 30.0 Å². The molecular weight excluding hydrogens is 379 g/mol. The van der Waals surface area contributed by atoms with Crippen molar-refractivity contribution in [2.24, 2.45) is 11.8 Å². The lowest BCUT2D eigenvalue weighted by molar-refractivity contribution is -0.119. The van der Waals surface area contributed by atoms with Gasteiger partial charge in [0.15, 0.2) is 0 Å². The maximum atomic E-state index is 14.9. The number of nitrogens with one attached hydrogen (secondary N) is 1. The summed E-state index contributed by atoms with van der Waals surface area (Å²) < 4.78 is 20.1. The topological polar surface area (TPSA) is 85.4 Å². The zero-order valence-electron chi connectivity index (χ0n) is 16.5. The van der Waals surface area contributed by atoms with Gasteiger partial charge in [-0.1, -0.05) is 0 Å². The molecule has 2 amide bonds. The Balaban J connectivity index is 1.39. The molecule has 4 rings (SSSR count). The van der Waals surface area contributed by atoms with Crippen LogP contribution in [0.5, 0.6) is 0 Å². The third kappa shape index (κ3) is 4.16. The number of carbonyl (C=O) groups excluding carboxylic acids is 2. The molecule has 158 valence electrons. The van der Waals surface area contributed by atoms with Gasteiger partial charge in [0.25, 0.3) is 0 Å². The third-order valence-corrected chi connectivity index (χ3v) is 6.01. The molecule has 29 heavy (non-hydrogen) atoms. The quantitative estimate of drug-likeness (QED) is 0.722. The summed E-state index contributed by atoms with van der Waals surface area (Å²) in [7, 11) is 0. The van der Waals surface area contributed by atoms with Gasteiger partial charge in [-0.3, -0.25) is 9.69 Å².